The first-order valence-corrected chi connectivity index (χ1v) is 8.39. The van der Waals surface area contributed by atoms with E-state index in [9.17, 15) is 4.79 Å². The van der Waals surface area contributed by atoms with Gasteiger partial charge in [-0.1, -0.05) is 18.2 Å². The van der Waals surface area contributed by atoms with Crippen molar-refractivity contribution in [3.05, 3.63) is 59.3 Å². The number of nitrogens with one attached hydrogen (secondary N) is 1. The molecule has 0 fully saturated rings. The van der Waals surface area contributed by atoms with E-state index < -0.39 is 0 Å². The minimum atomic E-state index is -0.241. The van der Waals surface area contributed by atoms with Crippen molar-refractivity contribution in [2.45, 2.75) is 6.42 Å². The molecular formula is C20H18N2O4. The molecule has 0 spiro atoms. The normalized spacial score (nSPS) is 17.5. The third-order valence-corrected chi connectivity index (χ3v) is 4.11. The van der Waals surface area contributed by atoms with E-state index in [0.29, 0.717) is 36.2 Å². The van der Waals surface area contributed by atoms with E-state index in [4.69, 9.17) is 14.2 Å². The first-order valence-electron chi connectivity index (χ1n) is 8.39. The second kappa shape index (κ2) is 6.92. The van der Waals surface area contributed by atoms with E-state index in [2.05, 4.69) is 10.3 Å². The SMILES string of the molecule is COc1cccc(C2=N/C(=C/c3ccc4c(c3)OCCCO4)C(=O)N2)c1. The van der Waals surface area contributed by atoms with Crippen molar-refractivity contribution in [1.29, 1.82) is 0 Å². The van der Waals surface area contributed by atoms with Crippen LogP contribution in [0, 0.1) is 0 Å². The van der Waals surface area contributed by atoms with Crippen molar-refractivity contribution in [3.63, 3.8) is 0 Å². The molecule has 0 saturated carbocycles. The molecule has 0 bridgehead atoms. The van der Waals surface area contributed by atoms with Crippen LogP contribution in [-0.4, -0.2) is 32.1 Å². The third kappa shape index (κ3) is 3.26. The lowest BCUT2D eigenvalue weighted by Crippen LogP contribution is -2.24. The lowest BCUT2D eigenvalue weighted by Gasteiger charge is -2.07. The molecule has 0 aromatic heterocycles. The summed E-state index contributed by atoms with van der Waals surface area (Å²) in [5, 5.41) is 2.80. The van der Waals surface area contributed by atoms with Crippen LogP contribution in [0.3, 0.4) is 0 Å². The van der Waals surface area contributed by atoms with E-state index >= 15 is 0 Å². The quantitative estimate of drug-likeness (QED) is 0.865. The molecule has 2 aliphatic heterocycles. The highest BCUT2D eigenvalue weighted by Crippen LogP contribution is 2.31. The summed E-state index contributed by atoms with van der Waals surface area (Å²) in [6.07, 6.45) is 2.58. The molecule has 132 valence electrons. The molecule has 4 rings (SSSR count). The molecule has 0 atom stereocenters. The van der Waals surface area contributed by atoms with Gasteiger partial charge in [0.15, 0.2) is 11.5 Å². The molecule has 2 heterocycles. The zero-order valence-corrected chi connectivity index (χ0v) is 14.3. The summed E-state index contributed by atoms with van der Waals surface area (Å²) in [4.78, 5) is 16.7. The zero-order valence-electron chi connectivity index (χ0n) is 14.3. The molecule has 1 N–H and O–H groups in total. The second-order valence-electron chi connectivity index (χ2n) is 5.93. The fraction of sp³-hybridized carbons (Fsp3) is 0.200. The molecule has 0 saturated heterocycles. The molecule has 2 aliphatic rings. The van der Waals surface area contributed by atoms with Gasteiger partial charge < -0.3 is 19.5 Å². The Hall–Kier alpha value is -3.28. The van der Waals surface area contributed by atoms with Crippen molar-refractivity contribution < 1.29 is 19.0 Å². The number of carbonyl (C=O) groups excluding carboxylic acids is 1. The van der Waals surface area contributed by atoms with Crippen LogP contribution in [0.5, 0.6) is 17.2 Å². The summed E-state index contributed by atoms with van der Waals surface area (Å²) in [6.45, 7) is 1.26. The van der Waals surface area contributed by atoms with Crippen LogP contribution < -0.4 is 19.5 Å². The van der Waals surface area contributed by atoms with E-state index in [0.717, 1.165) is 23.3 Å². The van der Waals surface area contributed by atoms with Crippen LogP contribution in [-0.2, 0) is 4.79 Å². The molecule has 0 aliphatic carbocycles. The highest BCUT2D eigenvalue weighted by atomic mass is 16.5. The van der Waals surface area contributed by atoms with E-state index in [1.54, 1.807) is 13.2 Å². The lowest BCUT2D eigenvalue weighted by atomic mass is 10.1. The fourth-order valence-corrected chi connectivity index (χ4v) is 2.80. The molecule has 0 radical (unpaired) electrons. The number of fused-ring (bicyclic) bond motifs is 1. The number of aliphatic imine (C=N–C) groups is 1. The van der Waals surface area contributed by atoms with Gasteiger partial charge in [0.2, 0.25) is 0 Å². The maximum absolute atomic E-state index is 12.3. The van der Waals surface area contributed by atoms with E-state index in [1.165, 1.54) is 0 Å². The number of nitrogens with zero attached hydrogens (tertiary/aromatic N) is 1. The van der Waals surface area contributed by atoms with Gasteiger partial charge in [-0.25, -0.2) is 4.99 Å². The van der Waals surface area contributed by atoms with Gasteiger partial charge in [-0.2, -0.15) is 0 Å². The van der Waals surface area contributed by atoms with Gasteiger partial charge in [-0.3, -0.25) is 4.79 Å². The Morgan fingerprint density at radius 2 is 1.96 bits per heavy atom. The van der Waals surface area contributed by atoms with E-state index in [-0.39, 0.29) is 5.91 Å². The highest BCUT2D eigenvalue weighted by molar-refractivity contribution is 6.19. The smallest absolute Gasteiger partial charge is 0.275 e. The summed E-state index contributed by atoms with van der Waals surface area (Å²) >= 11 is 0. The molecule has 0 unspecified atom stereocenters. The molecule has 6 heteroatoms. The molecule has 6 nitrogen and oxygen atoms in total. The Balaban J connectivity index is 1.63. The number of benzene rings is 2. The third-order valence-electron chi connectivity index (χ3n) is 4.11. The van der Waals surface area contributed by atoms with Gasteiger partial charge in [-0.05, 0) is 35.9 Å². The van der Waals surface area contributed by atoms with Gasteiger partial charge in [-0.15, -0.1) is 0 Å². The highest BCUT2D eigenvalue weighted by Gasteiger charge is 2.21. The second-order valence-corrected chi connectivity index (χ2v) is 5.93. The Labute approximate surface area is 151 Å². The Morgan fingerprint density at radius 3 is 2.81 bits per heavy atom. The van der Waals surface area contributed by atoms with Crippen molar-refractivity contribution in [2.75, 3.05) is 20.3 Å². The maximum atomic E-state index is 12.3. The molecule has 2 aromatic carbocycles. The van der Waals surface area contributed by atoms with E-state index in [1.807, 2.05) is 42.5 Å². The number of hydrogen-bond acceptors (Lipinski definition) is 5. The fourth-order valence-electron chi connectivity index (χ4n) is 2.80. The van der Waals surface area contributed by atoms with Crippen LogP contribution in [0.4, 0.5) is 0 Å². The van der Waals surface area contributed by atoms with Gasteiger partial charge in [0, 0.05) is 12.0 Å². The predicted octanol–water partition coefficient (Wildman–Crippen LogP) is 2.77. The van der Waals surface area contributed by atoms with Gasteiger partial charge in [0.25, 0.3) is 5.91 Å². The topological polar surface area (TPSA) is 69.1 Å². The number of carbonyl (C=O) groups is 1. The van der Waals surface area contributed by atoms with Gasteiger partial charge in [0.1, 0.15) is 17.3 Å². The Kier molecular flexibility index (Phi) is 4.31. The summed E-state index contributed by atoms with van der Waals surface area (Å²) in [5.41, 5.74) is 1.96. The first-order chi connectivity index (χ1) is 12.7. The van der Waals surface area contributed by atoms with Gasteiger partial charge >= 0.3 is 0 Å². The minimum absolute atomic E-state index is 0.241. The van der Waals surface area contributed by atoms with Crippen molar-refractivity contribution in [3.8, 4) is 17.2 Å². The summed E-state index contributed by atoms with van der Waals surface area (Å²) in [6, 6.07) is 13.0. The number of rotatable bonds is 3. The zero-order chi connectivity index (χ0) is 17.9. The molecule has 26 heavy (non-hydrogen) atoms. The first kappa shape index (κ1) is 16.2. The van der Waals surface area contributed by atoms with Crippen LogP contribution in [0.2, 0.25) is 0 Å². The Bertz CT molecular complexity index is 918. The minimum Gasteiger partial charge on any atom is -0.497 e. The number of ether oxygens (including phenoxy) is 3. The Morgan fingerprint density at radius 1 is 1.12 bits per heavy atom. The monoisotopic (exact) mass is 350 g/mol. The number of methoxy groups -OCH3 is 1. The number of amidine groups is 1. The number of hydrogen-bond donors (Lipinski definition) is 1. The average Bonchev–Trinajstić information content (AvgIpc) is 2.88. The summed E-state index contributed by atoms with van der Waals surface area (Å²) in [7, 11) is 1.60. The van der Waals surface area contributed by atoms with Crippen molar-refractivity contribution in [1.82, 2.24) is 5.32 Å². The summed E-state index contributed by atoms with van der Waals surface area (Å²) < 4.78 is 16.5. The maximum Gasteiger partial charge on any atom is 0.275 e. The molecule has 1 amide bonds. The summed E-state index contributed by atoms with van der Waals surface area (Å²) in [5.74, 6) is 2.39. The molecule has 2 aromatic rings. The largest absolute Gasteiger partial charge is 0.497 e. The predicted molar refractivity (Wildman–Crippen MR) is 97.7 cm³/mol. The van der Waals surface area contributed by atoms with Crippen LogP contribution in [0.25, 0.3) is 6.08 Å². The van der Waals surface area contributed by atoms with Crippen LogP contribution >= 0.6 is 0 Å². The van der Waals surface area contributed by atoms with Gasteiger partial charge in [0.05, 0.1) is 20.3 Å². The van der Waals surface area contributed by atoms with Crippen LogP contribution in [0.1, 0.15) is 17.5 Å². The van der Waals surface area contributed by atoms with Crippen LogP contribution in [0.15, 0.2) is 53.2 Å². The standard InChI is InChI=1S/C20H18N2O4/c1-24-15-5-2-4-14(12-15)19-21-16(20(23)22-19)10-13-6-7-17-18(11-13)26-9-3-8-25-17/h2,4-7,10-12H,3,8-9H2,1H3,(H,21,22,23)/b16-10+. The average molecular weight is 350 g/mol. The molecular weight excluding hydrogens is 332 g/mol. The lowest BCUT2D eigenvalue weighted by molar-refractivity contribution is -0.115. The van der Waals surface area contributed by atoms with Crippen molar-refractivity contribution >= 4 is 17.8 Å². The number of amides is 1. The van der Waals surface area contributed by atoms with Crippen molar-refractivity contribution in [2.24, 2.45) is 4.99 Å².